The number of hydrogen-bond acceptors (Lipinski definition) is 4. The third-order valence-corrected chi connectivity index (χ3v) is 5.31. The molecule has 6 heteroatoms. The molecule has 2 aliphatic heterocycles. The molecular weight excluding hydrogens is 288 g/mol. The van der Waals surface area contributed by atoms with Crippen molar-refractivity contribution >= 4 is 15.9 Å². The highest BCUT2D eigenvalue weighted by atomic mass is 32.2. The molecule has 0 aliphatic carbocycles. The van der Waals surface area contributed by atoms with Crippen LogP contribution in [0.1, 0.15) is 31.2 Å². The maximum absolute atomic E-state index is 11.9. The number of hydrogen-bond donors (Lipinski definition) is 1. The fourth-order valence-electron chi connectivity index (χ4n) is 2.89. The highest BCUT2D eigenvalue weighted by Crippen LogP contribution is 2.26. The van der Waals surface area contributed by atoms with E-state index in [0.717, 1.165) is 25.9 Å². The number of ether oxygens (including phenoxy) is 1. The van der Waals surface area contributed by atoms with Gasteiger partial charge in [0.2, 0.25) is 5.90 Å². The lowest BCUT2D eigenvalue weighted by molar-refractivity contribution is 0.268. The molecule has 0 spiro atoms. The molecule has 0 radical (unpaired) electrons. The van der Waals surface area contributed by atoms with Gasteiger partial charge in [0, 0.05) is 0 Å². The number of rotatable bonds is 4. The topological polar surface area (TPSA) is 67.8 Å². The van der Waals surface area contributed by atoms with Gasteiger partial charge in [-0.3, -0.25) is 0 Å². The number of sulfonamides is 1. The van der Waals surface area contributed by atoms with Crippen LogP contribution in [0.3, 0.4) is 0 Å². The predicted molar refractivity (Wildman–Crippen MR) is 80.9 cm³/mol. The molecule has 0 bridgehead atoms. The van der Waals surface area contributed by atoms with Gasteiger partial charge in [0.15, 0.2) is 0 Å². The number of piperidine rings is 1. The molecule has 21 heavy (non-hydrogen) atoms. The fraction of sp³-hybridized carbons (Fsp3) is 0.533. The Balaban J connectivity index is 1.54. The Morgan fingerprint density at radius 3 is 3.00 bits per heavy atom. The molecule has 1 aromatic rings. The van der Waals surface area contributed by atoms with Crippen LogP contribution in [-0.4, -0.2) is 34.0 Å². The molecule has 2 heterocycles. The first-order chi connectivity index (χ1) is 10.2. The van der Waals surface area contributed by atoms with Crippen LogP contribution in [0.25, 0.3) is 0 Å². The Bertz CT molecular complexity index is 634. The first-order valence-corrected chi connectivity index (χ1v) is 8.89. The minimum Gasteiger partial charge on any atom is -0.477 e. The quantitative estimate of drug-likeness (QED) is 0.863. The Morgan fingerprint density at radius 1 is 1.33 bits per heavy atom. The van der Waals surface area contributed by atoms with Crippen molar-refractivity contribution in [3.63, 3.8) is 0 Å². The largest absolute Gasteiger partial charge is 0.477 e. The first kappa shape index (κ1) is 14.5. The lowest BCUT2D eigenvalue weighted by atomic mass is 9.95. The van der Waals surface area contributed by atoms with Crippen molar-refractivity contribution in [2.45, 2.75) is 30.6 Å². The molecule has 1 N–H and O–H groups in total. The number of nitrogens with one attached hydrogen (secondary N) is 1. The molecule has 0 unspecified atom stereocenters. The van der Waals surface area contributed by atoms with Crippen molar-refractivity contribution in [3.05, 3.63) is 29.8 Å². The maximum atomic E-state index is 11.9. The third-order valence-electron chi connectivity index (χ3n) is 3.99. The third kappa shape index (κ3) is 3.27. The summed E-state index contributed by atoms with van der Waals surface area (Å²) >= 11 is 0. The zero-order valence-electron chi connectivity index (χ0n) is 11.9. The average Bonchev–Trinajstić information content (AvgIpc) is 2.77. The Kier molecular flexibility index (Phi) is 4.26. The van der Waals surface area contributed by atoms with E-state index in [1.807, 2.05) is 0 Å². The normalized spacial score (nSPS) is 23.4. The molecule has 0 aromatic heterocycles. The van der Waals surface area contributed by atoms with Crippen LogP contribution < -0.4 is 5.32 Å². The smallest absolute Gasteiger partial charge is 0.286 e. The number of benzene rings is 1. The van der Waals surface area contributed by atoms with E-state index in [-0.39, 0.29) is 10.8 Å². The molecule has 2 aliphatic rings. The van der Waals surface area contributed by atoms with Crippen molar-refractivity contribution in [3.8, 4) is 0 Å². The minimum absolute atomic E-state index is 0.243. The van der Waals surface area contributed by atoms with Crippen molar-refractivity contribution in [2.75, 3.05) is 19.7 Å². The van der Waals surface area contributed by atoms with Gasteiger partial charge in [0.25, 0.3) is 10.0 Å². The van der Waals surface area contributed by atoms with Gasteiger partial charge >= 0.3 is 0 Å². The van der Waals surface area contributed by atoms with Crippen LogP contribution in [0.15, 0.2) is 33.6 Å². The van der Waals surface area contributed by atoms with Gasteiger partial charge in [-0.05, 0) is 56.8 Å². The van der Waals surface area contributed by atoms with E-state index in [2.05, 4.69) is 9.71 Å². The standard InChI is InChI=1S/C15H20N2O3S/c18-21(19)14-8-2-1-7-13(14)15(17-21)20-10-4-6-12-5-3-9-16-11-12/h1-2,7-8,12,16H,3-6,9-11H2/t12-/m1/s1. The molecule has 0 saturated carbocycles. The average molecular weight is 308 g/mol. The lowest BCUT2D eigenvalue weighted by Crippen LogP contribution is -2.29. The lowest BCUT2D eigenvalue weighted by Gasteiger charge is -2.22. The van der Waals surface area contributed by atoms with E-state index in [4.69, 9.17) is 4.74 Å². The molecule has 114 valence electrons. The van der Waals surface area contributed by atoms with Crippen molar-refractivity contribution in [2.24, 2.45) is 10.3 Å². The zero-order chi connectivity index (χ0) is 14.7. The number of nitrogens with zero attached hydrogens (tertiary/aromatic N) is 1. The summed E-state index contributed by atoms with van der Waals surface area (Å²) in [6.45, 7) is 2.72. The second kappa shape index (κ2) is 6.15. The van der Waals surface area contributed by atoms with E-state index < -0.39 is 10.0 Å². The van der Waals surface area contributed by atoms with Crippen LogP contribution in [0, 0.1) is 5.92 Å². The summed E-state index contributed by atoms with van der Waals surface area (Å²) in [5.74, 6) is 0.955. The monoisotopic (exact) mass is 308 g/mol. The summed E-state index contributed by atoms with van der Waals surface area (Å²) < 4.78 is 33.1. The molecular formula is C15H20N2O3S. The van der Waals surface area contributed by atoms with Gasteiger partial charge in [0.1, 0.15) is 4.90 Å². The summed E-state index contributed by atoms with van der Waals surface area (Å²) in [6.07, 6.45) is 4.54. The summed E-state index contributed by atoms with van der Waals surface area (Å²) in [4.78, 5) is 0.247. The maximum Gasteiger partial charge on any atom is 0.286 e. The van der Waals surface area contributed by atoms with Crippen molar-refractivity contribution in [1.29, 1.82) is 0 Å². The summed E-state index contributed by atoms with van der Waals surface area (Å²) in [7, 11) is -3.56. The van der Waals surface area contributed by atoms with Crippen LogP contribution in [-0.2, 0) is 14.8 Å². The van der Waals surface area contributed by atoms with Crippen LogP contribution in [0.5, 0.6) is 0 Å². The molecule has 1 atom stereocenters. The Morgan fingerprint density at radius 2 is 2.19 bits per heavy atom. The van der Waals surface area contributed by atoms with E-state index in [0.29, 0.717) is 18.1 Å². The minimum atomic E-state index is -3.56. The predicted octanol–water partition coefficient (Wildman–Crippen LogP) is 1.93. The van der Waals surface area contributed by atoms with Gasteiger partial charge < -0.3 is 10.1 Å². The SMILES string of the molecule is O=S1(=O)N=C(OCCC[C@H]2CCCNC2)c2ccccc21. The van der Waals surface area contributed by atoms with Crippen LogP contribution in [0.2, 0.25) is 0 Å². The van der Waals surface area contributed by atoms with Crippen molar-refractivity contribution in [1.82, 2.24) is 5.32 Å². The molecule has 0 amide bonds. The zero-order valence-corrected chi connectivity index (χ0v) is 12.7. The Hall–Kier alpha value is -1.40. The van der Waals surface area contributed by atoms with Gasteiger partial charge in [-0.25, -0.2) is 0 Å². The first-order valence-electron chi connectivity index (χ1n) is 7.45. The Labute approximate surface area is 125 Å². The molecule has 1 saturated heterocycles. The highest BCUT2D eigenvalue weighted by Gasteiger charge is 2.29. The van der Waals surface area contributed by atoms with E-state index in [1.165, 1.54) is 12.8 Å². The second-order valence-corrected chi connectivity index (χ2v) is 7.14. The van der Waals surface area contributed by atoms with Gasteiger partial charge in [0.05, 0.1) is 12.2 Å². The summed E-state index contributed by atoms with van der Waals surface area (Å²) in [5.41, 5.74) is 0.580. The fourth-order valence-corrected chi connectivity index (χ4v) is 4.04. The molecule has 5 nitrogen and oxygen atoms in total. The number of fused-ring (bicyclic) bond motifs is 1. The van der Waals surface area contributed by atoms with Crippen LogP contribution in [0.4, 0.5) is 0 Å². The van der Waals surface area contributed by atoms with E-state index in [9.17, 15) is 8.42 Å². The molecule has 3 rings (SSSR count). The summed E-state index contributed by atoms with van der Waals surface area (Å²) in [6, 6.07) is 6.80. The van der Waals surface area contributed by atoms with Gasteiger partial charge in [-0.2, -0.15) is 8.42 Å². The van der Waals surface area contributed by atoms with Gasteiger partial charge in [-0.1, -0.05) is 12.1 Å². The molecule has 1 fully saturated rings. The van der Waals surface area contributed by atoms with Crippen molar-refractivity contribution < 1.29 is 13.2 Å². The van der Waals surface area contributed by atoms with E-state index >= 15 is 0 Å². The van der Waals surface area contributed by atoms with E-state index in [1.54, 1.807) is 24.3 Å². The second-order valence-electron chi connectivity index (χ2n) is 5.57. The van der Waals surface area contributed by atoms with Gasteiger partial charge in [-0.15, -0.1) is 4.40 Å². The highest BCUT2D eigenvalue weighted by molar-refractivity contribution is 7.90. The van der Waals surface area contributed by atoms with Crippen LogP contribution >= 0.6 is 0 Å². The molecule has 1 aromatic carbocycles. The summed E-state index contributed by atoms with van der Waals surface area (Å²) in [5, 5.41) is 3.40.